The number of aliphatic hydroxyl groups is 1. The number of likely N-dealkylation sites (tertiary alicyclic amines) is 1. The Bertz CT molecular complexity index is 1880. The van der Waals surface area contributed by atoms with Gasteiger partial charge in [0.1, 0.15) is 0 Å². The number of rotatable bonds is 11. The van der Waals surface area contributed by atoms with Gasteiger partial charge in [0.15, 0.2) is 0 Å². The second-order valence-corrected chi connectivity index (χ2v) is 12.4. The van der Waals surface area contributed by atoms with Crippen LogP contribution in [0.15, 0.2) is 97.1 Å². The minimum atomic E-state index is -1.04. The first-order valence-corrected chi connectivity index (χ1v) is 16.1. The lowest BCUT2D eigenvalue weighted by Crippen LogP contribution is -2.51. The van der Waals surface area contributed by atoms with Gasteiger partial charge in [-0.15, -0.1) is 0 Å². The van der Waals surface area contributed by atoms with Crippen molar-refractivity contribution in [1.82, 2.24) is 14.8 Å². The molecule has 3 N–H and O–H groups in total. The SMILES string of the molecule is Cc1c(C)n(Cc2ccc(-c3ccccc3C(=O)O)cc2)c2ccc(C(=O)NC(C)C3CCCN3C(O)OCc3ccccc3)cc12. The highest BCUT2D eigenvalue weighted by Gasteiger charge is 2.34. The van der Waals surface area contributed by atoms with Crippen LogP contribution in [0.2, 0.25) is 0 Å². The Morgan fingerprint density at radius 1 is 0.936 bits per heavy atom. The summed E-state index contributed by atoms with van der Waals surface area (Å²) >= 11 is 0. The van der Waals surface area contributed by atoms with Gasteiger partial charge in [-0.3, -0.25) is 9.69 Å². The van der Waals surface area contributed by atoms with E-state index in [4.69, 9.17) is 4.74 Å². The van der Waals surface area contributed by atoms with Gasteiger partial charge in [-0.1, -0.05) is 72.8 Å². The largest absolute Gasteiger partial charge is 0.478 e. The standard InChI is InChI=1S/C39H41N3O5/c1-25-27(3)42(23-28-15-17-30(18-16-28)32-12-7-8-13-33(32)38(44)45)36-20-19-31(22-34(25)36)37(43)40-26(2)35-14-9-21-41(35)39(46)47-24-29-10-5-4-6-11-29/h4-8,10-13,15-20,22,26,35,39,46H,9,14,21,23-24H2,1-3H3,(H,40,43)(H,44,45). The second-order valence-electron chi connectivity index (χ2n) is 12.4. The van der Waals surface area contributed by atoms with Crippen LogP contribution in [-0.4, -0.2) is 56.6 Å². The van der Waals surface area contributed by atoms with Crippen molar-refractivity contribution in [2.45, 2.75) is 65.3 Å². The molecular weight excluding hydrogens is 590 g/mol. The first kappa shape index (κ1) is 32.2. The maximum atomic E-state index is 13.5. The van der Waals surface area contributed by atoms with Crippen LogP contribution in [0.4, 0.5) is 0 Å². The van der Waals surface area contributed by atoms with Crippen molar-refractivity contribution >= 4 is 22.8 Å². The number of aliphatic hydroxyl groups excluding tert-OH is 1. The van der Waals surface area contributed by atoms with Crippen molar-refractivity contribution in [3.8, 4) is 11.1 Å². The molecule has 47 heavy (non-hydrogen) atoms. The zero-order valence-corrected chi connectivity index (χ0v) is 27.0. The minimum absolute atomic E-state index is 0.0393. The highest BCUT2D eigenvalue weighted by molar-refractivity contribution is 5.99. The summed E-state index contributed by atoms with van der Waals surface area (Å²) in [6, 6.07) is 30.4. The first-order chi connectivity index (χ1) is 22.7. The third-order valence-electron chi connectivity index (χ3n) is 9.47. The molecular formula is C39H41N3O5. The molecule has 3 unspecified atom stereocenters. The molecule has 1 aliphatic heterocycles. The van der Waals surface area contributed by atoms with Crippen molar-refractivity contribution in [2.75, 3.05) is 6.54 Å². The van der Waals surface area contributed by atoms with Crippen LogP contribution in [0.25, 0.3) is 22.0 Å². The molecule has 6 rings (SSSR count). The number of aromatic nitrogens is 1. The first-order valence-electron chi connectivity index (χ1n) is 16.1. The number of aryl methyl sites for hydroxylation is 1. The lowest BCUT2D eigenvalue weighted by Gasteiger charge is -2.33. The molecule has 1 fully saturated rings. The molecule has 0 radical (unpaired) electrons. The van der Waals surface area contributed by atoms with Crippen molar-refractivity contribution in [3.05, 3.63) is 131 Å². The van der Waals surface area contributed by atoms with E-state index in [2.05, 4.69) is 23.7 Å². The van der Waals surface area contributed by atoms with E-state index in [1.165, 1.54) is 0 Å². The summed E-state index contributed by atoms with van der Waals surface area (Å²) in [5.41, 5.74) is 7.80. The smallest absolute Gasteiger partial charge is 0.336 e. The molecule has 0 aliphatic carbocycles. The van der Waals surface area contributed by atoms with Gasteiger partial charge in [0.25, 0.3) is 5.91 Å². The molecule has 3 atom stereocenters. The van der Waals surface area contributed by atoms with E-state index >= 15 is 0 Å². The maximum absolute atomic E-state index is 13.5. The highest BCUT2D eigenvalue weighted by Crippen LogP contribution is 2.29. The van der Waals surface area contributed by atoms with Gasteiger partial charge in [0, 0.05) is 47.3 Å². The summed E-state index contributed by atoms with van der Waals surface area (Å²) < 4.78 is 8.04. The van der Waals surface area contributed by atoms with Crippen LogP contribution in [-0.2, 0) is 17.9 Å². The van der Waals surface area contributed by atoms with Gasteiger partial charge in [-0.2, -0.15) is 0 Å². The summed E-state index contributed by atoms with van der Waals surface area (Å²) in [5.74, 6) is -1.09. The van der Waals surface area contributed by atoms with Crippen molar-refractivity contribution in [2.24, 2.45) is 0 Å². The molecule has 0 bridgehead atoms. The molecule has 8 nitrogen and oxygen atoms in total. The highest BCUT2D eigenvalue weighted by atomic mass is 16.6. The number of nitrogens with zero attached hydrogens (tertiary/aromatic N) is 2. The second kappa shape index (κ2) is 13.9. The van der Waals surface area contributed by atoms with Crippen molar-refractivity contribution in [1.29, 1.82) is 0 Å². The number of benzene rings is 4. The van der Waals surface area contributed by atoms with Crippen LogP contribution in [0.3, 0.4) is 0 Å². The average Bonchev–Trinajstić information content (AvgIpc) is 3.68. The molecule has 2 heterocycles. The Hall–Kier alpha value is -4.76. The lowest BCUT2D eigenvalue weighted by atomic mass is 9.99. The number of aromatic carboxylic acids is 1. The number of amides is 1. The van der Waals surface area contributed by atoms with Gasteiger partial charge in [-0.25, -0.2) is 4.79 Å². The number of carbonyl (C=O) groups excluding carboxylic acids is 1. The number of fused-ring (bicyclic) bond motifs is 1. The zero-order valence-electron chi connectivity index (χ0n) is 27.0. The zero-order chi connectivity index (χ0) is 33.1. The molecule has 0 spiro atoms. The third-order valence-corrected chi connectivity index (χ3v) is 9.47. The fourth-order valence-electron chi connectivity index (χ4n) is 6.74. The van der Waals surface area contributed by atoms with Crippen molar-refractivity contribution < 1.29 is 24.5 Å². The van der Waals surface area contributed by atoms with Crippen LogP contribution in [0.5, 0.6) is 0 Å². The predicted octanol–water partition coefficient (Wildman–Crippen LogP) is 6.75. The van der Waals surface area contributed by atoms with Crippen LogP contribution in [0.1, 0.15) is 62.9 Å². The van der Waals surface area contributed by atoms with E-state index in [9.17, 15) is 19.8 Å². The molecule has 1 saturated heterocycles. The van der Waals surface area contributed by atoms with E-state index < -0.39 is 12.4 Å². The molecule has 1 aromatic heterocycles. The van der Waals surface area contributed by atoms with E-state index in [0.717, 1.165) is 51.7 Å². The summed E-state index contributed by atoms with van der Waals surface area (Å²) in [5, 5.41) is 24.6. The Labute approximate surface area is 275 Å². The van der Waals surface area contributed by atoms with Gasteiger partial charge in [-0.05, 0) is 85.7 Å². The predicted molar refractivity (Wildman–Crippen MR) is 183 cm³/mol. The molecule has 1 aliphatic rings. The number of carboxylic acids is 1. The fourth-order valence-corrected chi connectivity index (χ4v) is 6.74. The number of hydrogen-bond donors (Lipinski definition) is 3. The third kappa shape index (κ3) is 6.86. The molecule has 8 heteroatoms. The van der Waals surface area contributed by atoms with E-state index in [1.807, 2.05) is 96.8 Å². The van der Waals surface area contributed by atoms with Gasteiger partial charge in [0.05, 0.1) is 12.2 Å². The van der Waals surface area contributed by atoms with Crippen LogP contribution < -0.4 is 5.32 Å². The van der Waals surface area contributed by atoms with E-state index in [0.29, 0.717) is 30.8 Å². The van der Waals surface area contributed by atoms with Crippen LogP contribution >= 0.6 is 0 Å². The Morgan fingerprint density at radius 3 is 2.40 bits per heavy atom. The maximum Gasteiger partial charge on any atom is 0.336 e. The summed E-state index contributed by atoms with van der Waals surface area (Å²) in [7, 11) is 0. The number of carbonyl (C=O) groups is 2. The summed E-state index contributed by atoms with van der Waals surface area (Å²) in [6.45, 7) is 7.83. The van der Waals surface area contributed by atoms with Crippen molar-refractivity contribution in [3.63, 3.8) is 0 Å². The minimum Gasteiger partial charge on any atom is -0.478 e. The average molecular weight is 632 g/mol. The number of nitrogens with one attached hydrogen (secondary N) is 1. The normalized spacial score (nSPS) is 16.3. The number of carboxylic acid groups (broad SMARTS) is 1. The van der Waals surface area contributed by atoms with Gasteiger partial charge in [0.2, 0.25) is 6.41 Å². The fraction of sp³-hybridized carbons (Fsp3) is 0.282. The van der Waals surface area contributed by atoms with E-state index in [1.54, 1.807) is 12.1 Å². The Kier molecular flexibility index (Phi) is 9.54. The molecule has 0 saturated carbocycles. The summed E-state index contributed by atoms with van der Waals surface area (Å²) in [4.78, 5) is 27.1. The van der Waals surface area contributed by atoms with Crippen LogP contribution in [0, 0.1) is 13.8 Å². The quantitative estimate of drug-likeness (QED) is 0.139. The number of hydrogen-bond acceptors (Lipinski definition) is 5. The molecule has 242 valence electrons. The monoisotopic (exact) mass is 631 g/mol. The molecule has 1 amide bonds. The molecule has 5 aromatic rings. The molecule has 4 aromatic carbocycles. The van der Waals surface area contributed by atoms with Gasteiger partial charge >= 0.3 is 5.97 Å². The van der Waals surface area contributed by atoms with Gasteiger partial charge < -0.3 is 24.8 Å². The Morgan fingerprint density at radius 2 is 1.66 bits per heavy atom. The topological polar surface area (TPSA) is 104 Å². The van der Waals surface area contributed by atoms with E-state index in [-0.39, 0.29) is 23.6 Å². The number of ether oxygens (including phenoxy) is 1. The summed E-state index contributed by atoms with van der Waals surface area (Å²) in [6.07, 6.45) is 0.744. The Balaban J connectivity index is 1.14. The lowest BCUT2D eigenvalue weighted by molar-refractivity contribution is -0.205.